The van der Waals surface area contributed by atoms with Crippen molar-refractivity contribution in [1.29, 1.82) is 0 Å². The second-order valence-electron chi connectivity index (χ2n) is 4.51. The van der Waals surface area contributed by atoms with Gasteiger partial charge in [-0.3, -0.25) is 0 Å². The van der Waals surface area contributed by atoms with Crippen LogP contribution in [0.1, 0.15) is 47.1 Å². The van der Waals surface area contributed by atoms with E-state index in [0.29, 0.717) is 18.5 Å². The molecule has 0 aliphatic heterocycles. The van der Waals surface area contributed by atoms with E-state index in [2.05, 4.69) is 9.72 Å². The van der Waals surface area contributed by atoms with Crippen molar-refractivity contribution in [3.05, 3.63) is 16.1 Å². The molecule has 1 aliphatic carbocycles. The first kappa shape index (κ1) is 13.4. The van der Waals surface area contributed by atoms with Crippen LogP contribution in [0.2, 0.25) is 0 Å². The molecule has 2 rings (SSSR count). The number of rotatable bonds is 3. The van der Waals surface area contributed by atoms with Gasteiger partial charge in [-0.15, -0.1) is 11.3 Å². The van der Waals surface area contributed by atoms with Crippen LogP contribution in [0.15, 0.2) is 5.38 Å². The number of ether oxygens (including phenoxy) is 1. The summed E-state index contributed by atoms with van der Waals surface area (Å²) in [6, 6.07) is 0. The number of carbonyl (C=O) groups is 1. The van der Waals surface area contributed by atoms with E-state index >= 15 is 0 Å². The molecule has 0 N–H and O–H groups in total. The van der Waals surface area contributed by atoms with Gasteiger partial charge in [-0.05, 0) is 25.7 Å². The van der Waals surface area contributed by atoms with E-state index in [1.807, 2.05) is 0 Å². The SMILES string of the molecule is COC(=O)c1csc(C2CCC(C(F)F)CC2)n1. The fraction of sp³-hybridized carbons (Fsp3) is 0.667. The largest absolute Gasteiger partial charge is 0.464 e. The van der Waals surface area contributed by atoms with Gasteiger partial charge in [0.25, 0.3) is 0 Å². The molecule has 0 amide bonds. The Morgan fingerprint density at radius 3 is 2.67 bits per heavy atom. The summed E-state index contributed by atoms with van der Waals surface area (Å²) in [5, 5.41) is 2.53. The number of methoxy groups -OCH3 is 1. The number of carbonyl (C=O) groups excluding carboxylic acids is 1. The second kappa shape index (κ2) is 5.73. The van der Waals surface area contributed by atoms with Gasteiger partial charge in [0, 0.05) is 17.2 Å². The molecule has 0 spiro atoms. The van der Waals surface area contributed by atoms with Gasteiger partial charge < -0.3 is 4.74 Å². The number of esters is 1. The molecule has 0 aromatic carbocycles. The summed E-state index contributed by atoms with van der Waals surface area (Å²) in [5.74, 6) is -0.705. The minimum absolute atomic E-state index is 0.211. The highest BCUT2D eigenvalue weighted by Crippen LogP contribution is 2.39. The minimum Gasteiger partial charge on any atom is -0.464 e. The van der Waals surface area contributed by atoms with Crippen LogP contribution in [0.4, 0.5) is 8.78 Å². The molecule has 0 radical (unpaired) electrons. The van der Waals surface area contributed by atoms with Gasteiger partial charge in [-0.25, -0.2) is 18.6 Å². The monoisotopic (exact) mass is 275 g/mol. The Bertz CT molecular complexity index is 414. The van der Waals surface area contributed by atoms with Gasteiger partial charge in [0.1, 0.15) is 0 Å². The molecule has 0 saturated heterocycles. The first-order chi connectivity index (χ1) is 8.61. The van der Waals surface area contributed by atoms with Crippen LogP contribution < -0.4 is 0 Å². The average molecular weight is 275 g/mol. The molecular formula is C12H15F2NO2S. The Kier molecular flexibility index (Phi) is 4.27. The number of thiazole rings is 1. The number of hydrogen-bond donors (Lipinski definition) is 0. The highest BCUT2D eigenvalue weighted by molar-refractivity contribution is 7.09. The van der Waals surface area contributed by atoms with E-state index in [0.717, 1.165) is 17.8 Å². The lowest BCUT2D eigenvalue weighted by molar-refractivity contribution is 0.0528. The van der Waals surface area contributed by atoms with Gasteiger partial charge in [-0.2, -0.15) is 0 Å². The maximum absolute atomic E-state index is 12.5. The molecule has 100 valence electrons. The summed E-state index contributed by atoms with van der Waals surface area (Å²) in [6.07, 6.45) is 0.310. The van der Waals surface area contributed by atoms with E-state index in [1.54, 1.807) is 5.38 Å². The topological polar surface area (TPSA) is 39.2 Å². The third kappa shape index (κ3) is 2.85. The van der Waals surface area contributed by atoms with Crippen molar-refractivity contribution < 1.29 is 18.3 Å². The molecule has 1 heterocycles. The zero-order valence-electron chi connectivity index (χ0n) is 10.1. The van der Waals surface area contributed by atoms with Crippen LogP contribution in [-0.2, 0) is 4.74 Å². The van der Waals surface area contributed by atoms with Crippen molar-refractivity contribution in [2.24, 2.45) is 5.92 Å². The molecule has 1 aliphatic rings. The number of alkyl halides is 2. The molecule has 0 unspecified atom stereocenters. The zero-order valence-corrected chi connectivity index (χ0v) is 10.9. The Morgan fingerprint density at radius 1 is 1.44 bits per heavy atom. The van der Waals surface area contributed by atoms with Crippen LogP contribution in [0.5, 0.6) is 0 Å². The normalized spacial score (nSPS) is 24.2. The minimum atomic E-state index is -2.21. The molecule has 1 fully saturated rings. The predicted octanol–water partition coefficient (Wildman–Crippen LogP) is 3.47. The summed E-state index contributed by atoms with van der Waals surface area (Å²) in [5.41, 5.74) is 0.313. The Labute approximate surface area is 108 Å². The van der Waals surface area contributed by atoms with Gasteiger partial charge in [0.2, 0.25) is 6.43 Å². The zero-order chi connectivity index (χ0) is 13.1. The molecule has 1 aromatic rings. The van der Waals surface area contributed by atoms with Crippen molar-refractivity contribution in [2.45, 2.75) is 38.0 Å². The Balaban J connectivity index is 1.97. The van der Waals surface area contributed by atoms with Crippen LogP contribution in [0, 0.1) is 5.92 Å². The van der Waals surface area contributed by atoms with Crippen molar-refractivity contribution in [2.75, 3.05) is 7.11 Å². The lowest BCUT2D eigenvalue weighted by atomic mass is 9.82. The molecule has 1 saturated carbocycles. The fourth-order valence-corrected chi connectivity index (χ4v) is 3.25. The molecule has 3 nitrogen and oxygen atoms in total. The van der Waals surface area contributed by atoms with Crippen molar-refractivity contribution >= 4 is 17.3 Å². The quantitative estimate of drug-likeness (QED) is 0.793. The average Bonchev–Trinajstić information content (AvgIpc) is 2.87. The Morgan fingerprint density at radius 2 is 2.11 bits per heavy atom. The predicted molar refractivity (Wildman–Crippen MR) is 64.2 cm³/mol. The highest BCUT2D eigenvalue weighted by Gasteiger charge is 2.29. The van der Waals surface area contributed by atoms with Crippen LogP contribution >= 0.6 is 11.3 Å². The first-order valence-corrected chi connectivity index (χ1v) is 6.81. The summed E-state index contributed by atoms with van der Waals surface area (Å²) in [4.78, 5) is 15.5. The van der Waals surface area contributed by atoms with Gasteiger partial charge in [0.15, 0.2) is 5.69 Å². The molecule has 18 heavy (non-hydrogen) atoms. The van der Waals surface area contributed by atoms with Crippen LogP contribution in [-0.4, -0.2) is 24.5 Å². The fourth-order valence-electron chi connectivity index (χ4n) is 2.29. The first-order valence-electron chi connectivity index (χ1n) is 5.93. The third-order valence-corrected chi connectivity index (χ3v) is 4.40. The number of hydrogen-bond acceptors (Lipinski definition) is 4. The van der Waals surface area contributed by atoms with Crippen molar-refractivity contribution in [1.82, 2.24) is 4.98 Å². The van der Waals surface area contributed by atoms with E-state index in [-0.39, 0.29) is 5.92 Å². The van der Waals surface area contributed by atoms with Crippen LogP contribution in [0.3, 0.4) is 0 Å². The van der Waals surface area contributed by atoms with Crippen molar-refractivity contribution in [3.8, 4) is 0 Å². The number of aromatic nitrogens is 1. The third-order valence-electron chi connectivity index (χ3n) is 3.39. The standard InChI is InChI=1S/C12H15F2NO2S/c1-17-12(16)9-6-18-11(15-9)8-4-2-7(3-5-8)10(13)14/h6-8,10H,2-5H2,1H3. The number of halogens is 2. The summed E-state index contributed by atoms with van der Waals surface area (Å²) in [6.45, 7) is 0. The second-order valence-corrected chi connectivity index (χ2v) is 5.40. The maximum atomic E-state index is 12.5. The van der Waals surface area contributed by atoms with Gasteiger partial charge >= 0.3 is 5.97 Å². The Hall–Kier alpha value is -1.04. The van der Waals surface area contributed by atoms with Crippen molar-refractivity contribution in [3.63, 3.8) is 0 Å². The maximum Gasteiger partial charge on any atom is 0.357 e. The van der Waals surface area contributed by atoms with E-state index in [4.69, 9.17) is 0 Å². The molecule has 1 aromatic heterocycles. The summed E-state index contributed by atoms with van der Waals surface area (Å²) in [7, 11) is 1.31. The molecular weight excluding hydrogens is 260 g/mol. The summed E-state index contributed by atoms with van der Waals surface area (Å²) >= 11 is 1.41. The molecule has 6 heteroatoms. The lowest BCUT2D eigenvalue weighted by Gasteiger charge is -2.26. The molecule has 0 bridgehead atoms. The van der Waals surface area contributed by atoms with E-state index in [1.165, 1.54) is 18.4 Å². The molecule has 0 atom stereocenters. The van der Waals surface area contributed by atoms with E-state index < -0.39 is 18.3 Å². The van der Waals surface area contributed by atoms with Gasteiger partial charge in [0.05, 0.1) is 12.1 Å². The van der Waals surface area contributed by atoms with Crippen LogP contribution in [0.25, 0.3) is 0 Å². The number of nitrogens with zero attached hydrogens (tertiary/aromatic N) is 1. The van der Waals surface area contributed by atoms with E-state index in [9.17, 15) is 13.6 Å². The van der Waals surface area contributed by atoms with Gasteiger partial charge in [-0.1, -0.05) is 0 Å². The highest BCUT2D eigenvalue weighted by atomic mass is 32.1. The summed E-state index contributed by atoms with van der Waals surface area (Å²) < 4.78 is 29.7. The smallest absolute Gasteiger partial charge is 0.357 e. The lowest BCUT2D eigenvalue weighted by Crippen LogP contribution is -2.19.